The number of fused-ring (bicyclic) bond motifs is 2. The Morgan fingerprint density at radius 2 is 1.72 bits per heavy atom. The molecule has 6 heteroatoms. The molecule has 2 aliphatic rings. The lowest BCUT2D eigenvalue weighted by molar-refractivity contribution is 0.959. The monoisotopic (exact) mass is 332 g/mol. The number of H-pyrrole nitrogens is 1. The van der Waals surface area contributed by atoms with Crippen molar-refractivity contribution in [2.75, 3.05) is 19.0 Å². The fourth-order valence-corrected chi connectivity index (χ4v) is 2.99. The Morgan fingerprint density at radius 3 is 2.44 bits per heavy atom. The molecule has 0 radical (unpaired) electrons. The summed E-state index contributed by atoms with van der Waals surface area (Å²) >= 11 is 0. The van der Waals surface area contributed by atoms with Crippen molar-refractivity contribution in [3.05, 3.63) is 75.4 Å². The summed E-state index contributed by atoms with van der Waals surface area (Å²) in [4.78, 5) is 32.3. The van der Waals surface area contributed by atoms with Crippen LogP contribution in [0.15, 0.2) is 64.2 Å². The van der Waals surface area contributed by atoms with E-state index >= 15 is 0 Å². The summed E-state index contributed by atoms with van der Waals surface area (Å²) in [5, 5.41) is 0.901. The quantitative estimate of drug-likeness (QED) is 0.572. The van der Waals surface area contributed by atoms with E-state index in [0.717, 1.165) is 22.3 Å². The lowest BCUT2D eigenvalue weighted by Crippen LogP contribution is -2.27. The predicted molar refractivity (Wildman–Crippen MR) is 98.9 cm³/mol. The van der Waals surface area contributed by atoms with Gasteiger partial charge in [0.2, 0.25) is 0 Å². The highest BCUT2D eigenvalue weighted by Crippen LogP contribution is 2.28. The molecule has 0 fully saturated rings. The maximum atomic E-state index is 12.3. The van der Waals surface area contributed by atoms with Gasteiger partial charge >= 0.3 is 5.69 Å². The topological polar surface area (TPSA) is 71.0 Å². The molecule has 0 saturated carbocycles. The molecule has 124 valence electrons. The zero-order valence-corrected chi connectivity index (χ0v) is 13.9. The van der Waals surface area contributed by atoms with E-state index in [2.05, 4.69) is 9.97 Å². The van der Waals surface area contributed by atoms with Crippen molar-refractivity contribution in [1.29, 1.82) is 0 Å². The van der Waals surface area contributed by atoms with Crippen molar-refractivity contribution >= 4 is 16.6 Å². The molecule has 1 N–H and O–H groups in total. The number of hydrogen-bond acceptors (Lipinski definition) is 4. The third-order valence-corrected chi connectivity index (χ3v) is 4.23. The number of nitrogens with zero attached hydrogens (tertiary/aromatic N) is 3. The van der Waals surface area contributed by atoms with Crippen LogP contribution in [-0.4, -0.2) is 28.6 Å². The van der Waals surface area contributed by atoms with Crippen molar-refractivity contribution in [3.63, 3.8) is 0 Å². The minimum Gasteiger partial charge on any atom is -0.378 e. The van der Waals surface area contributed by atoms with E-state index < -0.39 is 11.2 Å². The minimum absolute atomic E-state index is 0.352. The Balaban J connectivity index is 2.12. The number of nitrogens with one attached hydrogen (secondary N) is 1. The Bertz CT molecular complexity index is 1160. The number of aromatic nitrogens is 3. The predicted octanol–water partition coefficient (Wildman–Crippen LogP) is 2.24. The smallest absolute Gasteiger partial charge is 0.349 e. The van der Waals surface area contributed by atoms with Crippen LogP contribution in [0.4, 0.5) is 5.69 Å². The van der Waals surface area contributed by atoms with Crippen LogP contribution in [0.5, 0.6) is 0 Å². The first-order chi connectivity index (χ1) is 12.0. The highest BCUT2D eigenvalue weighted by molar-refractivity contribution is 5.87. The molecule has 2 heterocycles. The van der Waals surface area contributed by atoms with Gasteiger partial charge in [0.25, 0.3) is 5.56 Å². The van der Waals surface area contributed by atoms with Gasteiger partial charge in [0.1, 0.15) is 0 Å². The van der Waals surface area contributed by atoms with Gasteiger partial charge in [0, 0.05) is 25.5 Å². The second-order valence-corrected chi connectivity index (χ2v) is 6.06. The van der Waals surface area contributed by atoms with Crippen LogP contribution in [-0.2, 0) is 0 Å². The standard InChI is InChI=1S/C19H16N4O2/c1-22(2)13-7-9-14(10-8-13)23-16-6-4-3-5-12(16)11-15-17(23)20-19(25)21-18(15)24/h3-11H,1-2H3,(H,21,24,25). The molecular weight excluding hydrogens is 316 g/mol. The first-order valence-electron chi connectivity index (χ1n) is 7.87. The third-order valence-electron chi connectivity index (χ3n) is 4.23. The second-order valence-electron chi connectivity index (χ2n) is 6.06. The summed E-state index contributed by atoms with van der Waals surface area (Å²) in [6.07, 6.45) is 0. The molecule has 2 aromatic rings. The fraction of sp³-hybridized carbons (Fsp3) is 0.105. The molecule has 2 aromatic carbocycles. The molecule has 0 aliphatic carbocycles. The lowest BCUT2D eigenvalue weighted by atomic mass is 10.1. The van der Waals surface area contributed by atoms with E-state index in [4.69, 9.17) is 0 Å². The molecule has 2 aliphatic heterocycles. The lowest BCUT2D eigenvalue weighted by Gasteiger charge is -2.19. The SMILES string of the molecule is CN(C)c1ccc(-n2c3nc(=O)[nH]c(=O)c-3cc3ccccc32)cc1. The number of pyridine rings is 1. The first kappa shape index (κ1) is 15.1. The summed E-state index contributed by atoms with van der Waals surface area (Å²) in [6, 6.07) is 17.4. The van der Waals surface area contributed by atoms with E-state index in [0.29, 0.717) is 11.4 Å². The van der Waals surface area contributed by atoms with Gasteiger partial charge in [-0.3, -0.25) is 14.3 Å². The van der Waals surface area contributed by atoms with Gasteiger partial charge in [-0.05, 0) is 41.8 Å². The summed E-state index contributed by atoms with van der Waals surface area (Å²) in [6.45, 7) is 0. The number of rotatable bonds is 2. The van der Waals surface area contributed by atoms with Crippen molar-refractivity contribution in [3.8, 4) is 17.1 Å². The number of anilines is 1. The average molecular weight is 332 g/mol. The zero-order chi connectivity index (χ0) is 17.6. The average Bonchev–Trinajstić information content (AvgIpc) is 2.60. The largest absolute Gasteiger partial charge is 0.378 e. The van der Waals surface area contributed by atoms with Crippen LogP contribution >= 0.6 is 0 Å². The van der Waals surface area contributed by atoms with Gasteiger partial charge < -0.3 is 4.90 Å². The van der Waals surface area contributed by atoms with Crippen molar-refractivity contribution in [1.82, 2.24) is 14.5 Å². The van der Waals surface area contributed by atoms with Crippen molar-refractivity contribution < 1.29 is 0 Å². The molecule has 0 aromatic heterocycles. The van der Waals surface area contributed by atoms with Crippen LogP contribution in [0.25, 0.3) is 28.0 Å². The molecule has 0 amide bonds. The van der Waals surface area contributed by atoms with E-state index in [9.17, 15) is 9.59 Å². The maximum Gasteiger partial charge on any atom is 0.349 e. The number of para-hydroxylation sites is 1. The molecule has 25 heavy (non-hydrogen) atoms. The van der Waals surface area contributed by atoms with E-state index in [1.54, 1.807) is 6.07 Å². The number of hydrogen-bond donors (Lipinski definition) is 1. The molecule has 0 unspecified atom stereocenters. The normalized spacial score (nSPS) is 11.1. The molecule has 0 spiro atoms. The minimum atomic E-state index is -0.647. The van der Waals surface area contributed by atoms with Gasteiger partial charge in [-0.1, -0.05) is 18.2 Å². The number of aromatic amines is 1. The van der Waals surface area contributed by atoms with Crippen LogP contribution in [0.1, 0.15) is 0 Å². The summed E-state index contributed by atoms with van der Waals surface area (Å²) in [5.74, 6) is 0.352. The Morgan fingerprint density at radius 1 is 1.00 bits per heavy atom. The van der Waals surface area contributed by atoms with E-state index in [1.807, 2.05) is 72.1 Å². The summed E-state index contributed by atoms with van der Waals surface area (Å²) in [5.41, 5.74) is 2.08. The Labute approximate surface area is 143 Å². The highest BCUT2D eigenvalue weighted by Gasteiger charge is 2.17. The second kappa shape index (κ2) is 5.59. The van der Waals surface area contributed by atoms with Crippen LogP contribution in [0, 0.1) is 0 Å². The highest BCUT2D eigenvalue weighted by atomic mass is 16.2. The van der Waals surface area contributed by atoms with Crippen LogP contribution in [0.3, 0.4) is 0 Å². The summed E-state index contributed by atoms with van der Waals surface area (Å²) < 4.78 is 1.85. The van der Waals surface area contributed by atoms with E-state index in [1.165, 1.54) is 0 Å². The Kier molecular flexibility index (Phi) is 3.39. The van der Waals surface area contributed by atoms with Gasteiger partial charge in [0.15, 0.2) is 5.82 Å². The molecule has 4 rings (SSSR count). The number of benzene rings is 2. The molecule has 0 atom stereocenters. The molecular formula is C19H16N4O2. The van der Waals surface area contributed by atoms with Crippen LogP contribution in [0.2, 0.25) is 0 Å². The third kappa shape index (κ3) is 2.48. The van der Waals surface area contributed by atoms with Gasteiger partial charge in [0.05, 0.1) is 11.1 Å². The van der Waals surface area contributed by atoms with Gasteiger partial charge in [-0.25, -0.2) is 4.79 Å². The first-order valence-corrected chi connectivity index (χ1v) is 7.87. The van der Waals surface area contributed by atoms with Gasteiger partial charge in [-0.15, -0.1) is 0 Å². The van der Waals surface area contributed by atoms with Crippen LogP contribution < -0.4 is 16.1 Å². The molecule has 0 bridgehead atoms. The maximum absolute atomic E-state index is 12.3. The van der Waals surface area contributed by atoms with E-state index in [-0.39, 0.29) is 0 Å². The Hall–Kier alpha value is -3.41. The summed E-state index contributed by atoms with van der Waals surface area (Å²) in [7, 11) is 3.94. The fourth-order valence-electron chi connectivity index (χ4n) is 2.99. The molecule has 6 nitrogen and oxygen atoms in total. The van der Waals surface area contributed by atoms with Crippen molar-refractivity contribution in [2.45, 2.75) is 0 Å². The van der Waals surface area contributed by atoms with Gasteiger partial charge in [-0.2, -0.15) is 4.98 Å². The zero-order valence-electron chi connectivity index (χ0n) is 13.9. The van der Waals surface area contributed by atoms with Crippen molar-refractivity contribution in [2.24, 2.45) is 0 Å². The molecule has 0 saturated heterocycles.